The Morgan fingerprint density at radius 2 is 2.05 bits per heavy atom. The van der Waals surface area contributed by atoms with E-state index in [-0.39, 0.29) is 0 Å². The van der Waals surface area contributed by atoms with Gasteiger partial charge in [-0.1, -0.05) is 6.42 Å². The van der Waals surface area contributed by atoms with Gasteiger partial charge in [0.1, 0.15) is 6.07 Å². The van der Waals surface area contributed by atoms with E-state index in [1.54, 1.807) is 18.5 Å². The van der Waals surface area contributed by atoms with Crippen LogP contribution in [0.15, 0.2) is 18.5 Å². The van der Waals surface area contributed by atoms with E-state index in [1.165, 1.54) is 6.42 Å². The van der Waals surface area contributed by atoms with Gasteiger partial charge in [-0.2, -0.15) is 5.26 Å². The first kappa shape index (κ1) is 12.6. The number of aromatic nitrogens is 1. The Balaban J connectivity index is 1.93. The van der Waals surface area contributed by atoms with Gasteiger partial charge in [-0.25, -0.2) is 0 Å². The molecular weight excluding hydrogens is 238 g/mol. The summed E-state index contributed by atoms with van der Waals surface area (Å²) in [5.74, 6) is 0. The molecule has 2 bridgehead atoms. The summed E-state index contributed by atoms with van der Waals surface area (Å²) in [6.45, 7) is 0. The molecule has 2 atom stereocenters. The Kier molecular flexibility index (Phi) is 3.04. The molecule has 0 radical (unpaired) electrons. The lowest BCUT2D eigenvalue weighted by atomic mass is 9.73. The Morgan fingerprint density at radius 3 is 2.68 bits per heavy atom. The van der Waals surface area contributed by atoms with Gasteiger partial charge in [0.2, 0.25) is 0 Å². The molecular formula is C15H19N3O. The van der Waals surface area contributed by atoms with Crippen molar-refractivity contribution in [3.63, 3.8) is 0 Å². The summed E-state index contributed by atoms with van der Waals surface area (Å²) < 4.78 is 0. The minimum atomic E-state index is -0.817. The van der Waals surface area contributed by atoms with Crippen LogP contribution < -0.4 is 0 Å². The van der Waals surface area contributed by atoms with Gasteiger partial charge in [-0.05, 0) is 38.8 Å². The highest BCUT2D eigenvalue weighted by Gasteiger charge is 2.45. The third-order valence-electron chi connectivity index (χ3n) is 4.78. The standard InChI is InChI=1S/C15H19N3O/c1-18-13-3-2-4-14(18)7-15(19,6-13)12-5-11(8-16)9-17-10-12/h5,9-10,13-14,19H,2-4,6-7H2,1H3. The number of aliphatic hydroxyl groups is 1. The van der Waals surface area contributed by atoms with Crippen LogP contribution in [0.5, 0.6) is 0 Å². The number of hydrogen-bond donors (Lipinski definition) is 1. The van der Waals surface area contributed by atoms with E-state index in [1.807, 2.05) is 0 Å². The molecule has 100 valence electrons. The topological polar surface area (TPSA) is 60.1 Å². The van der Waals surface area contributed by atoms with Gasteiger partial charge in [-0.15, -0.1) is 0 Å². The van der Waals surface area contributed by atoms with Crippen LogP contribution in [-0.4, -0.2) is 34.1 Å². The molecule has 0 spiro atoms. The van der Waals surface area contributed by atoms with E-state index in [2.05, 4.69) is 23.0 Å². The predicted octanol–water partition coefficient (Wildman–Crippen LogP) is 1.79. The van der Waals surface area contributed by atoms with Crippen molar-refractivity contribution in [1.29, 1.82) is 5.26 Å². The number of nitrogens with zero attached hydrogens (tertiary/aromatic N) is 3. The SMILES string of the molecule is CN1C2CCCC1CC(O)(c1cncc(C#N)c1)C2. The summed E-state index contributed by atoms with van der Waals surface area (Å²) in [6, 6.07) is 4.78. The Hall–Kier alpha value is -1.44. The predicted molar refractivity (Wildman–Crippen MR) is 71.3 cm³/mol. The fourth-order valence-corrected chi connectivity index (χ4v) is 3.64. The lowest BCUT2D eigenvalue weighted by Crippen LogP contribution is -2.55. The zero-order chi connectivity index (χ0) is 13.5. The largest absolute Gasteiger partial charge is 0.385 e. The smallest absolute Gasteiger partial charge is 0.101 e. The Labute approximate surface area is 113 Å². The lowest BCUT2D eigenvalue weighted by molar-refractivity contribution is -0.0876. The van der Waals surface area contributed by atoms with Crippen molar-refractivity contribution in [2.75, 3.05) is 7.05 Å². The molecule has 2 aliphatic rings. The second-order valence-corrected chi connectivity index (χ2v) is 5.92. The van der Waals surface area contributed by atoms with Gasteiger partial charge in [0.15, 0.2) is 0 Å². The number of nitriles is 1. The van der Waals surface area contributed by atoms with Crippen molar-refractivity contribution in [1.82, 2.24) is 9.88 Å². The number of pyridine rings is 1. The molecule has 19 heavy (non-hydrogen) atoms. The highest BCUT2D eigenvalue weighted by Crippen LogP contribution is 2.43. The van der Waals surface area contributed by atoms with Gasteiger partial charge in [-0.3, -0.25) is 4.98 Å². The van der Waals surface area contributed by atoms with Crippen LogP contribution in [0.2, 0.25) is 0 Å². The monoisotopic (exact) mass is 257 g/mol. The molecule has 2 saturated heterocycles. The number of hydrogen-bond acceptors (Lipinski definition) is 4. The molecule has 0 aromatic carbocycles. The van der Waals surface area contributed by atoms with Gasteiger partial charge >= 0.3 is 0 Å². The van der Waals surface area contributed by atoms with Gasteiger partial charge in [0, 0.05) is 30.0 Å². The molecule has 0 saturated carbocycles. The van der Waals surface area contributed by atoms with Crippen molar-refractivity contribution < 1.29 is 5.11 Å². The van der Waals surface area contributed by atoms with Crippen molar-refractivity contribution in [2.24, 2.45) is 0 Å². The van der Waals surface area contributed by atoms with Crippen molar-refractivity contribution >= 4 is 0 Å². The number of piperidine rings is 2. The summed E-state index contributed by atoms with van der Waals surface area (Å²) in [7, 11) is 2.16. The van der Waals surface area contributed by atoms with Crippen molar-refractivity contribution in [2.45, 2.75) is 49.8 Å². The highest BCUT2D eigenvalue weighted by atomic mass is 16.3. The molecule has 2 fully saturated rings. The summed E-state index contributed by atoms with van der Waals surface area (Å²) in [5.41, 5.74) is 0.508. The van der Waals surface area contributed by atoms with E-state index >= 15 is 0 Å². The van der Waals surface area contributed by atoms with Gasteiger partial charge < -0.3 is 10.0 Å². The minimum Gasteiger partial charge on any atom is -0.385 e. The number of rotatable bonds is 1. The van der Waals surface area contributed by atoms with E-state index < -0.39 is 5.60 Å². The maximum absolute atomic E-state index is 11.0. The third-order valence-corrected chi connectivity index (χ3v) is 4.78. The molecule has 3 heterocycles. The van der Waals surface area contributed by atoms with Gasteiger partial charge in [0.05, 0.1) is 11.2 Å². The molecule has 3 rings (SSSR count). The molecule has 4 nitrogen and oxygen atoms in total. The van der Waals surface area contributed by atoms with Crippen LogP contribution in [0.1, 0.15) is 43.2 Å². The zero-order valence-corrected chi connectivity index (χ0v) is 11.2. The first-order valence-corrected chi connectivity index (χ1v) is 6.92. The lowest BCUT2D eigenvalue weighted by Gasteiger charge is -2.50. The van der Waals surface area contributed by atoms with Crippen LogP contribution in [0.3, 0.4) is 0 Å². The van der Waals surface area contributed by atoms with Gasteiger partial charge in [0.25, 0.3) is 0 Å². The molecule has 1 N–H and O–H groups in total. The van der Waals surface area contributed by atoms with E-state index in [0.717, 1.165) is 31.2 Å². The average molecular weight is 257 g/mol. The molecule has 4 heteroatoms. The second kappa shape index (κ2) is 4.59. The summed E-state index contributed by atoms with van der Waals surface area (Å²) in [4.78, 5) is 6.51. The first-order chi connectivity index (χ1) is 9.12. The normalized spacial score (nSPS) is 34.8. The van der Waals surface area contributed by atoms with Crippen LogP contribution in [0.25, 0.3) is 0 Å². The first-order valence-electron chi connectivity index (χ1n) is 6.92. The van der Waals surface area contributed by atoms with E-state index in [9.17, 15) is 5.11 Å². The van der Waals surface area contributed by atoms with Crippen LogP contribution in [0.4, 0.5) is 0 Å². The summed E-state index contributed by atoms with van der Waals surface area (Å²) >= 11 is 0. The maximum Gasteiger partial charge on any atom is 0.101 e. The van der Waals surface area contributed by atoms with E-state index in [4.69, 9.17) is 5.26 Å². The van der Waals surface area contributed by atoms with Crippen LogP contribution >= 0.6 is 0 Å². The Bertz CT molecular complexity index is 508. The molecule has 0 aliphatic carbocycles. The summed E-state index contributed by atoms with van der Waals surface area (Å²) in [5, 5.41) is 20.0. The second-order valence-electron chi connectivity index (χ2n) is 5.92. The van der Waals surface area contributed by atoms with Crippen LogP contribution in [0, 0.1) is 11.3 Å². The van der Waals surface area contributed by atoms with E-state index in [0.29, 0.717) is 17.6 Å². The fraction of sp³-hybridized carbons (Fsp3) is 0.600. The molecule has 2 unspecified atom stereocenters. The zero-order valence-electron chi connectivity index (χ0n) is 11.2. The van der Waals surface area contributed by atoms with Crippen molar-refractivity contribution in [3.8, 4) is 6.07 Å². The maximum atomic E-state index is 11.0. The number of fused-ring (bicyclic) bond motifs is 2. The quantitative estimate of drug-likeness (QED) is 0.833. The molecule has 1 aromatic rings. The minimum absolute atomic E-state index is 0.447. The van der Waals surface area contributed by atoms with Crippen LogP contribution in [-0.2, 0) is 5.60 Å². The molecule has 1 aromatic heterocycles. The highest BCUT2D eigenvalue weighted by molar-refractivity contribution is 5.32. The molecule has 0 amide bonds. The average Bonchev–Trinajstić information content (AvgIpc) is 2.41. The van der Waals surface area contributed by atoms with Crippen molar-refractivity contribution in [3.05, 3.63) is 29.6 Å². The molecule has 2 aliphatic heterocycles. The Morgan fingerprint density at radius 1 is 1.37 bits per heavy atom. The summed E-state index contributed by atoms with van der Waals surface area (Å²) in [6.07, 6.45) is 8.31. The fourth-order valence-electron chi connectivity index (χ4n) is 3.64. The third kappa shape index (κ3) is 2.13.